The molecular weight excluding hydrogens is 296 g/mol. The molecule has 2 amide bonds. The van der Waals surface area contributed by atoms with Crippen LogP contribution in [0.4, 0.5) is 10.5 Å². The Hall–Kier alpha value is -3.02. The molecule has 0 saturated carbocycles. The first-order valence-electron chi connectivity index (χ1n) is 7.14. The van der Waals surface area contributed by atoms with E-state index in [1.165, 1.54) is 0 Å². The van der Waals surface area contributed by atoms with Gasteiger partial charge >= 0.3 is 6.09 Å². The summed E-state index contributed by atoms with van der Waals surface area (Å²) in [7, 11) is 0. The molecule has 0 aromatic heterocycles. The molecule has 120 valence electrons. The summed E-state index contributed by atoms with van der Waals surface area (Å²) in [5.41, 5.74) is 7.13. The Morgan fingerprint density at radius 1 is 1.13 bits per heavy atom. The van der Waals surface area contributed by atoms with E-state index in [-0.39, 0.29) is 0 Å². The molecule has 0 unspecified atom stereocenters. The Balaban J connectivity index is 1.95. The number of ether oxygens (including phenoxy) is 2. The summed E-state index contributed by atoms with van der Waals surface area (Å²) < 4.78 is 10.5. The van der Waals surface area contributed by atoms with Crippen LogP contribution in [-0.2, 0) is 11.3 Å². The van der Waals surface area contributed by atoms with Crippen LogP contribution < -0.4 is 15.8 Å². The molecule has 0 aliphatic carbocycles. The fourth-order valence-corrected chi connectivity index (χ4v) is 1.88. The summed E-state index contributed by atoms with van der Waals surface area (Å²) >= 11 is 0. The van der Waals surface area contributed by atoms with Crippen LogP contribution >= 0.6 is 0 Å². The third-order valence-corrected chi connectivity index (χ3v) is 3.00. The zero-order valence-corrected chi connectivity index (χ0v) is 12.7. The zero-order valence-electron chi connectivity index (χ0n) is 12.7. The van der Waals surface area contributed by atoms with Gasteiger partial charge in [0.2, 0.25) is 5.91 Å². The van der Waals surface area contributed by atoms with Gasteiger partial charge in [-0.15, -0.1) is 0 Å². The predicted molar refractivity (Wildman–Crippen MR) is 86.4 cm³/mol. The number of primary amides is 1. The van der Waals surface area contributed by atoms with Crippen LogP contribution in [-0.4, -0.2) is 18.6 Å². The van der Waals surface area contributed by atoms with E-state index >= 15 is 0 Å². The number of rotatable bonds is 6. The summed E-state index contributed by atoms with van der Waals surface area (Å²) in [6, 6.07) is 13.9. The van der Waals surface area contributed by atoms with E-state index in [0.29, 0.717) is 30.2 Å². The highest BCUT2D eigenvalue weighted by Crippen LogP contribution is 2.19. The van der Waals surface area contributed by atoms with Crippen LogP contribution in [0.5, 0.6) is 5.75 Å². The minimum atomic E-state index is -0.508. The molecule has 6 nitrogen and oxygen atoms in total. The molecule has 0 fully saturated rings. The number of carbonyl (C=O) groups is 2. The highest BCUT2D eigenvalue weighted by molar-refractivity contribution is 5.92. The molecular formula is C17H18N2O4. The number of hydrogen-bond donors (Lipinski definition) is 2. The van der Waals surface area contributed by atoms with E-state index in [0.717, 1.165) is 5.56 Å². The van der Waals surface area contributed by atoms with E-state index in [2.05, 4.69) is 5.32 Å². The largest absolute Gasteiger partial charge is 0.489 e. The number of hydrogen-bond acceptors (Lipinski definition) is 4. The fraction of sp³-hybridized carbons (Fsp3) is 0.176. The number of nitrogens with two attached hydrogens (primary N) is 1. The molecule has 0 heterocycles. The minimum Gasteiger partial charge on any atom is -0.489 e. The minimum absolute atomic E-state index is 0.309. The topological polar surface area (TPSA) is 90.7 Å². The first kappa shape index (κ1) is 16.4. The summed E-state index contributed by atoms with van der Waals surface area (Å²) in [6.45, 7) is 2.38. The predicted octanol–water partition coefficient (Wildman–Crippen LogP) is 2.93. The van der Waals surface area contributed by atoms with E-state index in [1.54, 1.807) is 55.5 Å². The van der Waals surface area contributed by atoms with Crippen LogP contribution in [0.3, 0.4) is 0 Å². The molecule has 2 rings (SSSR count). The lowest BCUT2D eigenvalue weighted by molar-refractivity contribution is 0.1000. The van der Waals surface area contributed by atoms with E-state index in [4.69, 9.17) is 15.2 Å². The monoisotopic (exact) mass is 314 g/mol. The van der Waals surface area contributed by atoms with Crippen LogP contribution in [0, 0.1) is 0 Å². The Kier molecular flexibility index (Phi) is 5.57. The second kappa shape index (κ2) is 7.84. The molecule has 0 aliphatic heterocycles. The summed E-state index contributed by atoms with van der Waals surface area (Å²) in [4.78, 5) is 22.4. The van der Waals surface area contributed by atoms with Crippen LogP contribution in [0.2, 0.25) is 0 Å². The third kappa shape index (κ3) is 5.03. The number of nitrogens with one attached hydrogen (secondary N) is 1. The summed E-state index contributed by atoms with van der Waals surface area (Å²) in [6.07, 6.45) is -0.508. The van der Waals surface area contributed by atoms with Crippen LogP contribution in [0.25, 0.3) is 0 Å². The third-order valence-electron chi connectivity index (χ3n) is 3.00. The smallest absolute Gasteiger partial charge is 0.411 e. The maximum absolute atomic E-state index is 11.4. The molecule has 23 heavy (non-hydrogen) atoms. The Bertz CT molecular complexity index is 683. The highest BCUT2D eigenvalue weighted by atomic mass is 16.5. The molecule has 0 bridgehead atoms. The van der Waals surface area contributed by atoms with Gasteiger partial charge in [0.1, 0.15) is 12.4 Å². The van der Waals surface area contributed by atoms with Gasteiger partial charge in [0.25, 0.3) is 0 Å². The SMILES string of the molecule is CCOC(=O)Nc1cccc(OCc2ccc(C(N)=O)cc2)c1. The number of anilines is 1. The molecule has 0 spiro atoms. The van der Waals surface area contributed by atoms with Crippen LogP contribution in [0.1, 0.15) is 22.8 Å². The molecule has 6 heteroatoms. The quantitative estimate of drug-likeness (QED) is 0.857. The van der Waals surface area contributed by atoms with Crippen molar-refractivity contribution < 1.29 is 19.1 Å². The molecule has 2 aromatic carbocycles. The highest BCUT2D eigenvalue weighted by Gasteiger charge is 2.04. The van der Waals surface area contributed by atoms with Crippen molar-refractivity contribution in [3.63, 3.8) is 0 Å². The van der Waals surface area contributed by atoms with Crippen molar-refractivity contribution in [2.24, 2.45) is 5.73 Å². The van der Waals surface area contributed by atoms with Crippen molar-refractivity contribution in [2.45, 2.75) is 13.5 Å². The van der Waals surface area contributed by atoms with Crippen molar-refractivity contribution in [1.29, 1.82) is 0 Å². The number of carbonyl (C=O) groups excluding carboxylic acids is 2. The molecule has 0 aliphatic rings. The van der Waals surface area contributed by atoms with Gasteiger partial charge in [-0.3, -0.25) is 10.1 Å². The fourth-order valence-electron chi connectivity index (χ4n) is 1.88. The van der Waals surface area contributed by atoms with Gasteiger partial charge in [0, 0.05) is 17.3 Å². The normalized spacial score (nSPS) is 9.96. The van der Waals surface area contributed by atoms with E-state index in [1.807, 2.05) is 0 Å². The maximum atomic E-state index is 11.4. The van der Waals surface area contributed by atoms with E-state index in [9.17, 15) is 9.59 Å². The van der Waals surface area contributed by atoms with E-state index < -0.39 is 12.0 Å². The Morgan fingerprint density at radius 2 is 1.87 bits per heavy atom. The second-order valence-corrected chi connectivity index (χ2v) is 4.72. The Labute approximate surface area is 134 Å². The van der Waals surface area contributed by atoms with Crippen molar-refractivity contribution in [3.8, 4) is 5.75 Å². The van der Waals surface area contributed by atoms with Crippen molar-refractivity contribution in [1.82, 2.24) is 0 Å². The molecule has 0 radical (unpaired) electrons. The van der Waals surface area contributed by atoms with Gasteiger partial charge in [0.05, 0.1) is 6.61 Å². The van der Waals surface area contributed by atoms with Crippen molar-refractivity contribution in [2.75, 3.05) is 11.9 Å². The average Bonchev–Trinajstić information content (AvgIpc) is 2.54. The van der Waals surface area contributed by atoms with Gasteiger partial charge < -0.3 is 15.2 Å². The zero-order chi connectivity index (χ0) is 16.7. The maximum Gasteiger partial charge on any atom is 0.411 e. The number of benzene rings is 2. The van der Waals surface area contributed by atoms with Crippen molar-refractivity contribution >= 4 is 17.7 Å². The van der Waals surface area contributed by atoms with Gasteiger partial charge in [-0.25, -0.2) is 4.79 Å². The standard InChI is InChI=1S/C17H18N2O4/c1-2-22-17(21)19-14-4-3-5-15(10-14)23-11-12-6-8-13(9-7-12)16(18)20/h3-10H,2,11H2,1H3,(H2,18,20)(H,19,21). The van der Waals surface area contributed by atoms with Crippen LogP contribution in [0.15, 0.2) is 48.5 Å². The summed E-state index contributed by atoms with van der Waals surface area (Å²) in [5.74, 6) is 0.147. The van der Waals surface area contributed by atoms with Gasteiger partial charge in [-0.05, 0) is 36.8 Å². The lowest BCUT2D eigenvalue weighted by Crippen LogP contribution is -2.13. The molecule has 0 atom stereocenters. The molecule has 2 aromatic rings. The lowest BCUT2D eigenvalue weighted by Gasteiger charge is -2.09. The second-order valence-electron chi connectivity index (χ2n) is 4.72. The molecule has 3 N–H and O–H groups in total. The average molecular weight is 314 g/mol. The van der Waals surface area contributed by atoms with Crippen molar-refractivity contribution in [3.05, 3.63) is 59.7 Å². The summed E-state index contributed by atoms with van der Waals surface area (Å²) in [5, 5.41) is 2.61. The lowest BCUT2D eigenvalue weighted by atomic mass is 10.1. The Morgan fingerprint density at radius 3 is 2.52 bits per heavy atom. The number of amides is 2. The van der Waals surface area contributed by atoms with Gasteiger partial charge in [0.15, 0.2) is 0 Å². The first-order chi connectivity index (χ1) is 11.1. The first-order valence-corrected chi connectivity index (χ1v) is 7.14. The molecule has 0 saturated heterocycles. The van der Waals surface area contributed by atoms with Gasteiger partial charge in [-0.2, -0.15) is 0 Å². The van der Waals surface area contributed by atoms with Gasteiger partial charge in [-0.1, -0.05) is 18.2 Å².